The molecule has 0 radical (unpaired) electrons. The van der Waals surface area contributed by atoms with Crippen LogP contribution in [-0.4, -0.2) is 63.0 Å². The Morgan fingerprint density at radius 3 is 2.71 bits per heavy atom. The molecule has 1 unspecified atom stereocenters. The number of pyridine rings is 1. The van der Waals surface area contributed by atoms with Gasteiger partial charge < -0.3 is 14.5 Å². The van der Waals surface area contributed by atoms with Gasteiger partial charge in [-0.15, -0.1) is 0 Å². The summed E-state index contributed by atoms with van der Waals surface area (Å²) >= 11 is 6.24. The van der Waals surface area contributed by atoms with Crippen LogP contribution in [0.25, 0.3) is 0 Å². The molecule has 0 saturated carbocycles. The number of hydrogen-bond acceptors (Lipinski definition) is 5. The zero-order valence-corrected chi connectivity index (χ0v) is 14.3. The summed E-state index contributed by atoms with van der Waals surface area (Å²) in [5.74, 6) is 0.922. The molecule has 0 bridgehead atoms. The SMILES string of the molecule is CC(N(C)C)N(C)c1cc(Cl)nc(N2CCOC[C@H]2C)c1. The Hall–Kier alpha value is -1.04. The highest BCUT2D eigenvalue weighted by Crippen LogP contribution is 2.27. The van der Waals surface area contributed by atoms with Crippen molar-refractivity contribution >= 4 is 23.1 Å². The van der Waals surface area contributed by atoms with Gasteiger partial charge in [-0.25, -0.2) is 4.98 Å². The third-order valence-corrected chi connectivity index (χ3v) is 4.34. The lowest BCUT2D eigenvalue weighted by atomic mass is 10.2. The summed E-state index contributed by atoms with van der Waals surface area (Å²) in [7, 11) is 6.20. The van der Waals surface area contributed by atoms with Crippen LogP contribution in [0.3, 0.4) is 0 Å². The summed E-state index contributed by atoms with van der Waals surface area (Å²) in [6.07, 6.45) is 0.276. The van der Waals surface area contributed by atoms with E-state index in [1.165, 1.54) is 0 Å². The van der Waals surface area contributed by atoms with E-state index < -0.39 is 0 Å². The molecule has 0 aliphatic carbocycles. The van der Waals surface area contributed by atoms with Crippen LogP contribution in [-0.2, 0) is 4.74 Å². The van der Waals surface area contributed by atoms with Gasteiger partial charge in [0.05, 0.1) is 25.4 Å². The molecule has 1 aliphatic heterocycles. The molecule has 0 N–H and O–H groups in total. The van der Waals surface area contributed by atoms with Crippen LogP contribution in [0.15, 0.2) is 12.1 Å². The van der Waals surface area contributed by atoms with E-state index in [-0.39, 0.29) is 6.17 Å². The van der Waals surface area contributed by atoms with E-state index in [9.17, 15) is 0 Å². The lowest BCUT2D eigenvalue weighted by Gasteiger charge is -2.36. The first-order valence-electron chi connectivity index (χ1n) is 7.31. The van der Waals surface area contributed by atoms with Crippen molar-refractivity contribution in [3.05, 3.63) is 17.3 Å². The minimum atomic E-state index is 0.276. The van der Waals surface area contributed by atoms with Crippen molar-refractivity contribution in [3.63, 3.8) is 0 Å². The van der Waals surface area contributed by atoms with Gasteiger partial charge in [-0.2, -0.15) is 0 Å². The maximum Gasteiger partial charge on any atom is 0.133 e. The minimum absolute atomic E-state index is 0.276. The molecule has 2 rings (SSSR count). The van der Waals surface area contributed by atoms with Crippen molar-refractivity contribution in [1.29, 1.82) is 0 Å². The Morgan fingerprint density at radius 1 is 1.38 bits per heavy atom. The summed E-state index contributed by atoms with van der Waals surface area (Å²) in [6.45, 7) is 6.62. The van der Waals surface area contributed by atoms with Crippen molar-refractivity contribution in [3.8, 4) is 0 Å². The molecule has 118 valence electrons. The van der Waals surface area contributed by atoms with Crippen LogP contribution in [0.5, 0.6) is 0 Å². The lowest BCUT2D eigenvalue weighted by molar-refractivity contribution is 0.0985. The van der Waals surface area contributed by atoms with Crippen molar-refractivity contribution in [2.75, 3.05) is 50.7 Å². The first kappa shape index (κ1) is 16.3. The van der Waals surface area contributed by atoms with Gasteiger partial charge in [0.15, 0.2) is 0 Å². The van der Waals surface area contributed by atoms with Crippen LogP contribution in [0.1, 0.15) is 13.8 Å². The minimum Gasteiger partial charge on any atom is -0.377 e. The number of rotatable bonds is 4. The Bertz CT molecular complexity index is 483. The summed E-state index contributed by atoms with van der Waals surface area (Å²) < 4.78 is 5.49. The molecular weight excluding hydrogens is 288 g/mol. The molecule has 21 heavy (non-hydrogen) atoms. The summed E-state index contributed by atoms with van der Waals surface area (Å²) in [5.41, 5.74) is 1.07. The van der Waals surface area contributed by atoms with Gasteiger partial charge in [0.25, 0.3) is 0 Å². The zero-order valence-electron chi connectivity index (χ0n) is 13.5. The third kappa shape index (κ3) is 3.78. The molecule has 5 nitrogen and oxygen atoms in total. The van der Waals surface area contributed by atoms with Crippen LogP contribution >= 0.6 is 11.6 Å². The molecule has 2 atom stereocenters. The number of halogens is 1. The lowest BCUT2D eigenvalue weighted by Crippen LogP contribution is -2.44. The fourth-order valence-corrected chi connectivity index (χ4v) is 2.65. The van der Waals surface area contributed by atoms with Crippen LogP contribution in [0.4, 0.5) is 11.5 Å². The van der Waals surface area contributed by atoms with E-state index in [1.807, 2.05) is 6.07 Å². The van der Waals surface area contributed by atoms with Crippen molar-refractivity contribution in [2.24, 2.45) is 0 Å². The number of aromatic nitrogens is 1. The molecule has 6 heteroatoms. The van der Waals surface area contributed by atoms with Crippen molar-refractivity contribution in [2.45, 2.75) is 26.1 Å². The third-order valence-electron chi connectivity index (χ3n) is 4.14. The molecule has 2 heterocycles. The highest BCUT2D eigenvalue weighted by Gasteiger charge is 2.22. The number of hydrogen-bond donors (Lipinski definition) is 0. The molecule has 1 fully saturated rings. The maximum absolute atomic E-state index is 6.24. The summed E-state index contributed by atoms with van der Waals surface area (Å²) in [4.78, 5) is 11.1. The number of anilines is 2. The smallest absolute Gasteiger partial charge is 0.133 e. The summed E-state index contributed by atoms with van der Waals surface area (Å²) in [5, 5.41) is 0.527. The predicted molar refractivity (Wildman–Crippen MR) is 88.4 cm³/mol. The largest absolute Gasteiger partial charge is 0.377 e. The Kier molecular flexibility index (Phi) is 5.30. The maximum atomic E-state index is 6.24. The van der Waals surface area contributed by atoms with E-state index in [1.54, 1.807) is 0 Å². The molecule has 0 amide bonds. The molecule has 1 aliphatic rings. The number of ether oxygens (including phenoxy) is 1. The zero-order chi connectivity index (χ0) is 15.6. The molecule has 0 aromatic carbocycles. The second kappa shape index (κ2) is 6.81. The van der Waals surface area contributed by atoms with Gasteiger partial charge in [0, 0.05) is 25.3 Å². The second-order valence-electron chi connectivity index (χ2n) is 5.83. The van der Waals surface area contributed by atoms with Crippen LogP contribution < -0.4 is 9.80 Å². The van der Waals surface area contributed by atoms with E-state index in [4.69, 9.17) is 16.3 Å². The molecule has 1 saturated heterocycles. The molecule has 1 aromatic rings. The van der Waals surface area contributed by atoms with Gasteiger partial charge in [0.2, 0.25) is 0 Å². The standard InChI is InChI=1S/C15H25ClN4O/c1-11-10-21-7-6-20(11)15-9-13(8-14(16)17-15)19(5)12(2)18(3)4/h8-9,11-12H,6-7,10H2,1-5H3/t11-,12?/m1/s1. The Balaban J connectivity index is 2.28. The van der Waals surface area contributed by atoms with Crippen LogP contribution in [0.2, 0.25) is 5.15 Å². The van der Waals surface area contributed by atoms with Gasteiger partial charge >= 0.3 is 0 Å². The highest BCUT2D eigenvalue weighted by atomic mass is 35.5. The molecule has 1 aromatic heterocycles. The van der Waals surface area contributed by atoms with Crippen molar-refractivity contribution < 1.29 is 4.74 Å². The van der Waals surface area contributed by atoms with E-state index in [0.717, 1.165) is 31.3 Å². The Morgan fingerprint density at radius 2 is 2.10 bits per heavy atom. The van der Waals surface area contributed by atoms with Gasteiger partial charge in [0.1, 0.15) is 11.0 Å². The summed E-state index contributed by atoms with van der Waals surface area (Å²) in [6, 6.07) is 4.33. The van der Waals surface area contributed by atoms with Gasteiger partial charge in [-0.1, -0.05) is 11.6 Å². The Labute approximate surface area is 132 Å². The first-order valence-corrected chi connectivity index (χ1v) is 7.69. The topological polar surface area (TPSA) is 31.8 Å². The molecular formula is C15H25ClN4O. The van der Waals surface area contributed by atoms with E-state index >= 15 is 0 Å². The first-order chi connectivity index (χ1) is 9.90. The van der Waals surface area contributed by atoms with E-state index in [0.29, 0.717) is 11.2 Å². The quantitative estimate of drug-likeness (QED) is 0.629. The van der Waals surface area contributed by atoms with Gasteiger partial charge in [-0.3, -0.25) is 4.90 Å². The van der Waals surface area contributed by atoms with Crippen LogP contribution in [0, 0.1) is 0 Å². The van der Waals surface area contributed by atoms with Crippen molar-refractivity contribution in [1.82, 2.24) is 9.88 Å². The predicted octanol–water partition coefficient (Wildman–Crippen LogP) is 2.30. The normalized spacial score (nSPS) is 20.7. The van der Waals surface area contributed by atoms with Gasteiger partial charge in [-0.05, 0) is 34.0 Å². The highest BCUT2D eigenvalue weighted by molar-refractivity contribution is 6.29. The van der Waals surface area contributed by atoms with E-state index in [2.05, 4.69) is 60.7 Å². The monoisotopic (exact) mass is 312 g/mol. The average Bonchev–Trinajstić information content (AvgIpc) is 2.45. The second-order valence-corrected chi connectivity index (χ2v) is 6.22. The fraction of sp³-hybridized carbons (Fsp3) is 0.667. The number of morpholine rings is 1. The fourth-order valence-electron chi connectivity index (χ4n) is 2.45. The average molecular weight is 313 g/mol. The molecule has 0 spiro atoms. The number of nitrogens with zero attached hydrogens (tertiary/aromatic N) is 4.